The Labute approximate surface area is 179 Å². The van der Waals surface area contributed by atoms with Crippen LogP contribution in [0.5, 0.6) is 0 Å². The minimum absolute atomic E-state index is 0.269. The Balaban J connectivity index is 1.71. The molecule has 1 fully saturated rings. The number of likely N-dealkylation sites (N-methyl/N-ethyl adjacent to an activating group) is 1. The fraction of sp³-hybridized carbons (Fsp3) is 0.778. The van der Waals surface area contributed by atoms with Gasteiger partial charge in [0.15, 0.2) is 0 Å². The van der Waals surface area contributed by atoms with Crippen molar-refractivity contribution in [2.75, 3.05) is 21.1 Å². The predicted molar refractivity (Wildman–Crippen MR) is 125 cm³/mol. The highest BCUT2D eigenvalue weighted by molar-refractivity contribution is 5.42. The summed E-state index contributed by atoms with van der Waals surface area (Å²) in [5.74, 6) is 2.17. The highest BCUT2D eigenvalue weighted by Gasteiger charge is 2.60. The van der Waals surface area contributed by atoms with Crippen LogP contribution in [0.25, 0.3) is 0 Å². The minimum Gasteiger partial charge on any atom is -0.313 e. The van der Waals surface area contributed by atoms with Crippen molar-refractivity contribution in [3.05, 3.63) is 35.5 Å². The second-order valence-electron chi connectivity index (χ2n) is 11.9. The molecule has 4 aliphatic rings. The number of hydrogen-bond donors (Lipinski definition) is 1. The normalized spacial score (nSPS) is 44.3. The monoisotopic (exact) mass is 396 g/mol. The van der Waals surface area contributed by atoms with E-state index in [1.54, 1.807) is 11.1 Å². The number of fused-ring (bicyclic) bond motifs is 4. The van der Waals surface area contributed by atoms with Crippen LogP contribution in [0.15, 0.2) is 35.5 Å². The zero-order valence-corrected chi connectivity index (χ0v) is 20.2. The number of rotatable bonds is 3. The number of nitrogens with zero attached hydrogens (tertiary/aromatic N) is 1. The highest BCUT2D eigenvalue weighted by atomic mass is 15.1. The standard InChI is InChI=1S/C27H44N2/c1-18(29(7)8)21-14-16-27(5)23-11-10-22-19(9-12-24(28-6)25(22,2)3)17-20(23)13-15-26(21,27)4/h9,12-13,17-18,21-24,28H,10-11,14-16H2,1-8H3. The van der Waals surface area contributed by atoms with E-state index in [4.69, 9.17) is 0 Å². The third-order valence-electron chi connectivity index (χ3n) is 10.4. The first-order chi connectivity index (χ1) is 13.6. The fourth-order valence-corrected chi connectivity index (χ4v) is 7.96. The molecule has 4 aliphatic carbocycles. The van der Waals surface area contributed by atoms with Crippen molar-refractivity contribution in [2.45, 2.75) is 78.8 Å². The Morgan fingerprint density at radius 2 is 1.69 bits per heavy atom. The maximum atomic E-state index is 3.56. The van der Waals surface area contributed by atoms with Crippen LogP contribution in [-0.4, -0.2) is 38.1 Å². The Morgan fingerprint density at radius 1 is 1.00 bits per heavy atom. The van der Waals surface area contributed by atoms with Crippen molar-refractivity contribution in [2.24, 2.45) is 34.0 Å². The maximum absolute atomic E-state index is 3.56. The quantitative estimate of drug-likeness (QED) is 0.646. The van der Waals surface area contributed by atoms with Crippen LogP contribution in [0.1, 0.15) is 66.7 Å². The average molecular weight is 397 g/mol. The van der Waals surface area contributed by atoms with Gasteiger partial charge in [-0.15, -0.1) is 0 Å². The first-order valence-electron chi connectivity index (χ1n) is 12.0. The second-order valence-corrected chi connectivity index (χ2v) is 11.9. The molecule has 4 rings (SSSR count). The van der Waals surface area contributed by atoms with Crippen molar-refractivity contribution < 1.29 is 0 Å². The summed E-state index contributed by atoms with van der Waals surface area (Å²) in [5.41, 5.74) is 4.35. The van der Waals surface area contributed by atoms with Crippen LogP contribution in [-0.2, 0) is 0 Å². The van der Waals surface area contributed by atoms with Gasteiger partial charge >= 0.3 is 0 Å². The lowest BCUT2D eigenvalue weighted by molar-refractivity contribution is -0.0109. The van der Waals surface area contributed by atoms with Crippen molar-refractivity contribution in [1.29, 1.82) is 0 Å². The summed E-state index contributed by atoms with van der Waals surface area (Å²) >= 11 is 0. The molecule has 0 aromatic rings. The molecule has 0 amide bonds. The van der Waals surface area contributed by atoms with Gasteiger partial charge in [-0.25, -0.2) is 0 Å². The van der Waals surface area contributed by atoms with E-state index in [1.165, 1.54) is 32.1 Å². The third kappa shape index (κ3) is 2.96. The van der Waals surface area contributed by atoms with Crippen LogP contribution < -0.4 is 5.32 Å². The lowest BCUT2D eigenvalue weighted by Gasteiger charge is -2.54. The third-order valence-corrected chi connectivity index (χ3v) is 10.4. The van der Waals surface area contributed by atoms with E-state index >= 15 is 0 Å². The Morgan fingerprint density at radius 3 is 2.34 bits per heavy atom. The van der Waals surface area contributed by atoms with Crippen LogP contribution >= 0.6 is 0 Å². The van der Waals surface area contributed by atoms with Crippen molar-refractivity contribution >= 4 is 0 Å². The molecule has 0 heterocycles. The molecular weight excluding hydrogens is 352 g/mol. The molecule has 7 unspecified atom stereocenters. The Hall–Kier alpha value is -0.860. The zero-order valence-electron chi connectivity index (χ0n) is 20.2. The summed E-state index contributed by atoms with van der Waals surface area (Å²) in [4.78, 5) is 2.45. The second kappa shape index (κ2) is 7.09. The first-order valence-corrected chi connectivity index (χ1v) is 12.0. The molecule has 0 radical (unpaired) electrons. The Kier molecular flexibility index (Phi) is 5.23. The van der Waals surface area contributed by atoms with Crippen LogP contribution in [0.4, 0.5) is 0 Å². The van der Waals surface area contributed by atoms with E-state index in [9.17, 15) is 0 Å². The number of allylic oxidation sites excluding steroid dienone is 5. The van der Waals surface area contributed by atoms with Crippen LogP contribution in [0.2, 0.25) is 0 Å². The predicted octanol–water partition coefficient (Wildman–Crippen LogP) is 5.83. The van der Waals surface area contributed by atoms with E-state index < -0.39 is 0 Å². The van der Waals surface area contributed by atoms with Crippen molar-refractivity contribution in [3.63, 3.8) is 0 Å². The van der Waals surface area contributed by atoms with Gasteiger partial charge in [-0.3, -0.25) is 0 Å². The lowest BCUT2D eigenvalue weighted by atomic mass is 9.51. The summed E-state index contributed by atoms with van der Waals surface area (Å²) in [6, 6.07) is 1.12. The number of nitrogens with one attached hydrogen (secondary N) is 1. The van der Waals surface area contributed by atoms with Crippen molar-refractivity contribution in [3.8, 4) is 0 Å². The molecule has 0 aromatic heterocycles. The van der Waals surface area contributed by atoms with Gasteiger partial charge in [-0.05, 0) is 105 Å². The van der Waals surface area contributed by atoms with Gasteiger partial charge in [-0.1, -0.05) is 52.0 Å². The van der Waals surface area contributed by atoms with E-state index in [-0.39, 0.29) is 5.41 Å². The van der Waals surface area contributed by atoms with Crippen LogP contribution in [0, 0.1) is 34.0 Å². The molecule has 162 valence electrons. The molecule has 0 aliphatic heterocycles. The van der Waals surface area contributed by atoms with Gasteiger partial charge in [0.25, 0.3) is 0 Å². The topological polar surface area (TPSA) is 15.3 Å². The van der Waals surface area contributed by atoms with Gasteiger partial charge in [0.1, 0.15) is 0 Å². The van der Waals surface area contributed by atoms with Crippen LogP contribution in [0.3, 0.4) is 0 Å². The van der Waals surface area contributed by atoms with Gasteiger partial charge in [0.2, 0.25) is 0 Å². The highest BCUT2D eigenvalue weighted by Crippen LogP contribution is 2.68. The maximum Gasteiger partial charge on any atom is 0.0307 e. The molecule has 0 bridgehead atoms. The van der Waals surface area contributed by atoms with Gasteiger partial charge in [0, 0.05) is 12.1 Å². The van der Waals surface area contributed by atoms with E-state index in [1.807, 2.05) is 0 Å². The zero-order chi connectivity index (χ0) is 21.2. The summed E-state index contributed by atoms with van der Waals surface area (Å²) in [5, 5.41) is 3.56. The van der Waals surface area contributed by atoms with E-state index in [0.29, 0.717) is 28.8 Å². The minimum atomic E-state index is 0.269. The summed E-state index contributed by atoms with van der Waals surface area (Å²) in [6.45, 7) is 12.7. The first kappa shape index (κ1) is 21.4. The van der Waals surface area contributed by atoms with Gasteiger partial charge in [-0.2, -0.15) is 0 Å². The van der Waals surface area contributed by atoms with E-state index in [2.05, 4.69) is 90.3 Å². The van der Waals surface area contributed by atoms with Crippen molar-refractivity contribution in [1.82, 2.24) is 10.2 Å². The summed E-state index contributed by atoms with van der Waals surface area (Å²) in [7, 11) is 6.64. The summed E-state index contributed by atoms with van der Waals surface area (Å²) < 4.78 is 0. The Bertz CT molecular complexity index is 742. The molecule has 1 saturated carbocycles. The molecule has 7 atom stereocenters. The number of hydrogen-bond acceptors (Lipinski definition) is 2. The van der Waals surface area contributed by atoms with Gasteiger partial charge < -0.3 is 10.2 Å². The molecule has 0 spiro atoms. The molecule has 2 heteroatoms. The lowest BCUT2D eigenvalue weighted by Crippen LogP contribution is -2.49. The summed E-state index contributed by atoms with van der Waals surface area (Å²) in [6.07, 6.45) is 16.8. The largest absolute Gasteiger partial charge is 0.313 e. The molecular formula is C27H44N2. The fourth-order valence-electron chi connectivity index (χ4n) is 7.96. The smallest absolute Gasteiger partial charge is 0.0307 e. The molecule has 0 aromatic carbocycles. The average Bonchev–Trinajstić information content (AvgIpc) is 2.81. The van der Waals surface area contributed by atoms with Gasteiger partial charge in [0.05, 0.1) is 0 Å². The molecule has 29 heavy (non-hydrogen) atoms. The molecule has 1 N–H and O–H groups in total. The molecule has 2 nitrogen and oxygen atoms in total. The molecule has 0 saturated heterocycles. The van der Waals surface area contributed by atoms with E-state index in [0.717, 1.165) is 11.8 Å². The SMILES string of the molecule is CNC1C=CC2=CC3=CCC4(C)C(C(C)N(C)C)CCC4(C)C3CCC2C1(C)C.